The smallest absolute Gasteiger partial charge is 0.326 e. The Morgan fingerprint density at radius 1 is 0.535 bits per heavy atom. The fraction of sp³-hybridized carbons (Fsp3) is 0.762. The summed E-state index contributed by atoms with van der Waals surface area (Å²) in [6.07, 6.45) is 25.0. The topological polar surface area (TPSA) is 349 Å². The summed E-state index contributed by atoms with van der Waals surface area (Å²) in [5.41, 5.74) is 6.32. The van der Waals surface area contributed by atoms with Crippen molar-refractivity contribution in [1.29, 1.82) is 0 Å². The number of phenols is 1. The Morgan fingerprint density at radius 2 is 1.07 bits per heavy atom. The molecule has 86 heavy (non-hydrogen) atoms. The fourth-order valence-corrected chi connectivity index (χ4v) is 10.2. The maximum Gasteiger partial charge on any atom is 0.326 e. The van der Waals surface area contributed by atoms with Crippen LogP contribution >= 0.6 is 0 Å². The highest BCUT2D eigenvalue weighted by atomic mass is 16.5. The van der Waals surface area contributed by atoms with Crippen LogP contribution in [0.25, 0.3) is 0 Å². The SMILES string of the molecule is CN[C@@H](CCCCNC(=O)COCCOCCNC(=O)COCCOCCCC(=O)CCC(NC(=O)C1CCC(CNC(=O)CCCCCCCCCCCCCCCCCCC(=O)O)CC1)C(=O)O)C(=O)CN[C@@H](Cc1ccc(O)cc1)C(N)=O. The summed E-state index contributed by atoms with van der Waals surface area (Å²) in [7, 11) is 1.69. The number of carboxylic acids is 2. The average Bonchev–Trinajstić information content (AvgIpc) is 3.70. The summed E-state index contributed by atoms with van der Waals surface area (Å²) in [4.78, 5) is 110. The van der Waals surface area contributed by atoms with Crippen molar-refractivity contribution in [2.45, 2.75) is 211 Å². The van der Waals surface area contributed by atoms with Crippen molar-refractivity contribution >= 4 is 53.0 Å². The molecule has 1 unspecified atom stereocenters. The van der Waals surface area contributed by atoms with Crippen LogP contribution in [0.4, 0.5) is 0 Å². The third kappa shape index (κ3) is 41.5. The van der Waals surface area contributed by atoms with E-state index >= 15 is 0 Å². The second kappa shape index (κ2) is 50.4. The maximum absolute atomic E-state index is 13.0. The molecule has 11 N–H and O–H groups in total. The zero-order valence-electron chi connectivity index (χ0n) is 51.6. The summed E-state index contributed by atoms with van der Waals surface area (Å²) in [5.74, 6) is -3.50. The highest BCUT2D eigenvalue weighted by Gasteiger charge is 2.30. The van der Waals surface area contributed by atoms with E-state index in [1.54, 1.807) is 19.2 Å². The van der Waals surface area contributed by atoms with Gasteiger partial charge in [0.2, 0.25) is 29.5 Å². The van der Waals surface area contributed by atoms with Crippen LogP contribution in [0.2, 0.25) is 0 Å². The Labute approximate surface area is 510 Å². The quantitative estimate of drug-likeness (QED) is 0.0348. The number of rotatable bonds is 57. The van der Waals surface area contributed by atoms with Gasteiger partial charge in [0, 0.05) is 57.8 Å². The van der Waals surface area contributed by atoms with E-state index in [1.807, 2.05) is 0 Å². The predicted molar refractivity (Wildman–Crippen MR) is 326 cm³/mol. The summed E-state index contributed by atoms with van der Waals surface area (Å²) >= 11 is 0. The summed E-state index contributed by atoms with van der Waals surface area (Å²) in [5, 5.41) is 45.1. The number of ether oxygens (including phenoxy) is 4. The minimum absolute atomic E-state index is 0.00623. The molecular formula is C63H107N7O16. The average molecular weight is 1220 g/mol. The number of amides is 5. The van der Waals surface area contributed by atoms with E-state index in [4.69, 9.17) is 29.8 Å². The van der Waals surface area contributed by atoms with E-state index in [0.717, 1.165) is 56.9 Å². The molecule has 1 saturated carbocycles. The van der Waals surface area contributed by atoms with Gasteiger partial charge in [0.25, 0.3) is 0 Å². The molecule has 5 amide bonds. The summed E-state index contributed by atoms with van der Waals surface area (Å²) in [6.45, 7) is 2.15. The number of carbonyl (C=O) groups excluding carboxylic acids is 7. The van der Waals surface area contributed by atoms with Crippen LogP contribution in [-0.2, 0) is 68.5 Å². The molecule has 1 aromatic rings. The van der Waals surface area contributed by atoms with Gasteiger partial charge in [-0.2, -0.15) is 0 Å². The molecule has 1 fully saturated rings. The number of benzene rings is 1. The highest BCUT2D eigenvalue weighted by Crippen LogP contribution is 2.29. The van der Waals surface area contributed by atoms with Crippen LogP contribution in [-0.4, -0.2) is 173 Å². The molecule has 0 radical (unpaired) electrons. The van der Waals surface area contributed by atoms with Crippen LogP contribution < -0.4 is 37.6 Å². The Bertz CT molecular complexity index is 2060. The molecule has 1 aliphatic carbocycles. The Hall–Kier alpha value is -5.59. The highest BCUT2D eigenvalue weighted by molar-refractivity contribution is 5.87. The van der Waals surface area contributed by atoms with Crippen LogP contribution in [0, 0.1) is 11.8 Å². The molecule has 2 rings (SSSR count). The summed E-state index contributed by atoms with van der Waals surface area (Å²) in [6, 6.07) is 4.05. The first-order chi connectivity index (χ1) is 41.6. The lowest BCUT2D eigenvalue weighted by molar-refractivity contribution is -0.143. The molecule has 0 aliphatic heterocycles. The van der Waals surface area contributed by atoms with Crippen molar-refractivity contribution in [1.82, 2.24) is 31.9 Å². The van der Waals surface area contributed by atoms with Gasteiger partial charge in [-0.15, -0.1) is 0 Å². The molecular weight excluding hydrogens is 1110 g/mol. The van der Waals surface area contributed by atoms with Gasteiger partial charge in [-0.05, 0) is 108 Å². The number of aromatic hydroxyl groups is 1. The van der Waals surface area contributed by atoms with Crippen molar-refractivity contribution in [2.75, 3.05) is 86.1 Å². The maximum atomic E-state index is 13.0. The third-order valence-corrected chi connectivity index (χ3v) is 15.4. The molecule has 3 atom stereocenters. The van der Waals surface area contributed by atoms with E-state index in [2.05, 4.69) is 31.9 Å². The number of ketones is 2. The van der Waals surface area contributed by atoms with Gasteiger partial charge in [-0.1, -0.05) is 102 Å². The number of phenolic OH excluding ortho intramolecular Hbond substituents is 1. The molecule has 0 saturated heterocycles. The second-order valence-electron chi connectivity index (χ2n) is 22.7. The van der Waals surface area contributed by atoms with E-state index < -0.39 is 36.0 Å². The van der Waals surface area contributed by atoms with E-state index in [9.17, 15) is 53.4 Å². The normalized spacial score (nSPS) is 15.0. The number of unbranched alkanes of at least 4 members (excludes halogenated alkanes) is 16. The second-order valence-corrected chi connectivity index (χ2v) is 22.7. The number of Topliss-reactive ketones (excluding diaryl/α,β-unsaturated/α-hetero) is 2. The van der Waals surface area contributed by atoms with Gasteiger partial charge >= 0.3 is 11.9 Å². The number of hydrogen-bond acceptors (Lipinski definition) is 16. The van der Waals surface area contributed by atoms with Crippen LogP contribution in [0.1, 0.15) is 192 Å². The minimum Gasteiger partial charge on any atom is -0.508 e. The predicted octanol–water partition coefficient (Wildman–Crippen LogP) is 5.73. The standard InChI is InChI=1S/C63H107N7O16/c1-65-53(56(73)45-68-55(61(64)79)43-48-27-31-52(72)32-28-48)22-18-19-35-66-58(75)46-86-42-40-84-38-36-67-59(76)47-85-41-39-83-37-20-21-51(71)33-34-54(63(81)82)70-62(80)50-29-25-49(26-30-50)44-69-57(74)23-16-14-12-10-8-6-4-2-3-5-7-9-11-13-15-17-24-60(77)78/h27-28,31-32,49-50,53-55,65,68,72H,2-26,29-30,33-47H2,1H3,(H2,64,79)(H,66,75)(H,67,76)(H,69,74)(H,70,80)(H,77,78)(H,81,82)/t49?,50?,53-,54?,55-/m0/s1. The fourth-order valence-electron chi connectivity index (χ4n) is 10.2. The van der Waals surface area contributed by atoms with Crippen LogP contribution in [0.15, 0.2) is 24.3 Å². The first kappa shape index (κ1) is 76.5. The number of nitrogens with two attached hydrogens (primary N) is 1. The van der Waals surface area contributed by atoms with Crippen molar-refractivity contribution in [3.8, 4) is 5.75 Å². The Morgan fingerprint density at radius 3 is 1.62 bits per heavy atom. The Balaban J connectivity index is 1.37. The lowest BCUT2D eigenvalue weighted by Gasteiger charge is -2.28. The van der Waals surface area contributed by atoms with Gasteiger partial charge in [0.15, 0.2) is 5.78 Å². The largest absolute Gasteiger partial charge is 0.508 e. The van der Waals surface area contributed by atoms with Gasteiger partial charge in [0.05, 0.1) is 51.7 Å². The molecule has 0 heterocycles. The first-order valence-corrected chi connectivity index (χ1v) is 32.0. The van der Waals surface area contributed by atoms with Gasteiger partial charge in [0.1, 0.15) is 30.8 Å². The third-order valence-electron chi connectivity index (χ3n) is 15.4. The van der Waals surface area contributed by atoms with Crippen molar-refractivity contribution in [2.24, 2.45) is 17.6 Å². The Kier molecular flexibility index (Phi) is 44.8. The number of nitrogens with one attached hydrogen (secondary N) is 6. The summed E-state index contributed by atoms with van der Waals surface area (Å²) < 4.78 is 21.7. The number of carbonyl (C=O) groups is 9. The van der Waals surface area contributed by atoms with E-state index in [1.165, 1.54) is 76.3 Å². The van der Waals surface area contributed by atoms with Crippen molar-refractivity contribution in [3.63, 3.8) is 0 Å². The number of likely N-dealkylation sites (N-methyl/N-ethyl adjacent to an activating group) is 1. The van der Waals surface area contributed by atoms with Gasteiger partial charge in [-0.25, -0.2) is 4.79 Å². The molecule has 1 aliphatic rings. The minimum atomic E-state index is -1.18. The zero-order valence-corrected chi connectivity index (χ0v) is 51.6. The number of primary amides is 1. The number of aliphatic carboxylic acids is 2. The molecule has 0 aromatic heterocycles. The van der Waals surface area contributed by atoms with E-state index in [0.29, 0.717) is 58.0 Å². The van der Waals surface area contributed by atoms with Crippen LogP contribution in [0.3, 0.4) is 0 Å². The molecule has 490 valence electrons. The molecule has 0 spiro atoms. The first-order valence-electron chi connectivity index (χ1n) is 32.0. The number of hydrogen-bond donors (Lipinski definition) is 10. The number of carboxylic acid groups (broad SMARTS) is 2. The zero-order chi connectivity index (χ0) is 62.8. The molecule has 23 nitrogen and oxygen atoms in total. The van der Waals surface area contributed by atoms with Gasteiger partial charge < -0.3 is 66.6 Å². The molecule has 23 heteroatoms. The molecule has 1 aromatic carbocycles. The van der Waals surface area contributed by atoms with Gasteiger partial charge in [-0.3, -0.25) is 43.7 Å². The monoisotopic (exact) mass is 1220 g/mol. The molecule has 0 bridgehead atoms. The van der Waals surface area contributed by atoms with Crippen molar-refractivity contribution in [3.05, 3.63) is 29.8 Å². The van der Waals surface area contributed by atoms with E-state index in [-0.39, 0.29) is 151 Å². The lowest BCUT2D eigenvalue weighted by atomic mass is 9.81. The lowest BCUT2D eigenvalue weighted by Crippen LogP contribution is -2.48. The van der Waals surface area contributed by atoms with Crippen LogP contribution in [0.5, 0.6) is 5.75 Å². The van der Waals surface area contributed by atoms with Crippen molar-refractivity contribution < 1.29 is 77.4 Å².